The number of hydrogen-bond donors (Lipinski definition) is 1. The van der Waals surface area contributed by atoms with Gasteiger partial charge in [-0.25, -0.2) is 0 Å². The first-order chi connectivity index (χ1) is 5.68. The summed E-state index contributed by atoms with van der Waals surface area (Å²) in [7, 11) is 0. The van der Waals surface area contributed by atoms with Crippen molar-refractivity contribution in [3.8, 4) is 0 Å². The van der Waals surface area contributed by atoms with Gasteiger partial charge in [0.05, 0.1) is 0 Å². The predicted molar refractivity (Wildman–Crippen MR) is 48.9 cm³/mol. The lowest BCUT2D eigenvalue weighted by Gasteiger charge is -2.15. The fraction of sp³-hybridized carbons (Fsp3) is 0.625. The smallest absolute Gasteiger partial charge is 0.225 e. The topological polar surface area (TPSA) is 46.3 Å². The summed E-state index contributed by atoms with van der Waals surface area (Å²) in [5.74, 6) is 0.732. The minimum absolute atomic E-state index is 0.0330. The summed E-state index contributed by atoms with van der Waals surface area (Å²) in [5, 5.41) is 0. The van der Waals surface area contributed by atoms with E-state index in [1.807, 2.05) is 6.20 Å². The Hall–Kier alpha value is -0.480. The Morgan fingerprint density at radius 1 is 1.75 bits per heavy atom. The minimum Gasteiger partial charge on any atom is -0.302 e. The Labute approximate surface area is 76.0 Å². The third-order valence-electron chi connectivity index (χ3n) is 2.14. The average Bonchev–Trinajstić information content (AvgIpc) is 2.75. The first-order valence-corrected chi connectivity index (χ1v) is 4.99. The molecule has 1 saturated carbocycles. The van der Waals surface area contributed by atoms with Crippen LogP contribution in [0.25, 0.3) is 0 Å². The van der Waals surface area contributed by atoms with Gasteiger partial charge in [-0.3, -0.25) is 9.69 Å². The maximum atomic E-state index is 11.0. The number of carbonyl (C=O) groups excluding carboxylic acids is 1. The molecule has 1 atom stereocenters. The van der Waals surface area contributed by atoms with E-state index < -0.39 is 0 Å². The monoisotopic (exact) mass is 184 g/mol. The molecule has 1 aliphatic heterocycles. The second-order valence-electron chi connectivity index (χ2n) is 3.24. The van der Waals surface area contributed by atoms with Gasteiger partial charge in [0.2, 0.25) is 5.91 Å². The number of thioether (sulfide) groups is 1. The van der Waals surface area contributed by atoms with Crippen molar-refractivity contribution in [2.75, 3.05) is 0 Å². The zero-order valence-electron chi connectivity index (χ0n) is 6.99. The van der Waals surface area contributed by atoms with Crippen LogP contribution >= 0.6 is 11.8 Å². The second kappa shape index (κ2) is 2.78. The Kier molecular flexibility index (Phi) is 1.88. The molecule has 2 aliphatic rings. The minimum atomic E-state index is -0.182. The van der Waals surface area contributed by atoms with Crippen LogP contribution in [0.2, 0.25) is 0 Å². The summed E-state index contributed by atoms with van der Waals surface area (Å²) in [5.41, 5.74) is 5.57. The molecule has 12 heavy (non-hydrogen) atoms. The van der Waals surface area contributed by atoms with E-state index in [1.165, 1.54) is 17.7 Å². The van der Waals surface area contributed by atoms with Crippen LogP contribution in [0.15, 0.2) is 11.1 Å². The first kappa shape index (κ1) is 8.13. The van der Waals surface area contributed by atoms with E-state index in [9.17, 15) is 4.79 Å². The molecule has 0 spiro atoms. The standard InChI is InChI=1S/C8H12N2OS/c1-5(11)10-4-7(6-2-3-6)12-8(10)9/h4,6,8H,2-3,9H2,1H3. The second-order valence-corrected chi connectivity index (χ2v) is 4.43. The van der Waals surface area contributed by atoms with Gasteiger partial charge in [-0.05, 0) is 18.8 Å². The SMILES string of the molecule is CC(=O)N1C=C(C2CC2)SC1N. The van der Waals surface area contributed by atoms with Crippen molar-refractivity contribution in [1.29, 1.82) is 0 Å². The van der Waals surface area contributed by atoms with Gasteiger partial charge in [0, 0.05) is 18.0 Å². The highest BCUT2D eigenvalue weighted by atomic mass is 32.2. The highest BCUT2D eigenvalue weighted by Crippen LogP contribution is 2.46. The molecule has 2 rings (SSSR count). The van der Waals surface area contributed by atoms with Gasteiger partial charge >= 0.3 is 0 Å². The van der Waals surface area contributed by atoms with Gasteiger partial charge in [-0.1, -0.05) is 11.8 Å². The van der Waals surface area contributed by atoms with Crippen molar-refractivity contribution in [3.63, 3.8) is 0 Å². The summed E-state index contributed by atoms with van der Waals surface area (Å²) >= 11 is 1.62. The van der Waals surface area contributed by atoms with Crippen molar-refractivity contribution >= 4 is 17.7 Å². The molecule has 66 valence electrons. The number of allylic oxidation sites excluding steroid dienone is 1. The highest BCUT2D eigenvalue weighted by Gasteiger charge is 2.34. The Balaban J connectivity index is 2.09. The first-order valence-electron chi connectivity index (χ1n) is 4.11. The molecule has 0 aromatic heterocycles. The van der Waals surface area contributed by atoms with Crippen LogP contribution in [-0.4, -0.2) is 16.3 Å². The Bertz CT molecular complexity index is 247. The highest BCUT2D eigenvalue weighted by molar-refractivity contribution is 8.03. The van der Waals surface area contributed by atoms with Gasteiger partial charge < -0.3 is 5.73 Å². The Morgan fingerprint density at radius 3 is 2.83 bits per heavy atom. The largest absolute Gasteiger partial charge is 0.302 e. The van der Waals surface area contributed by atoms with Crippen molar-refractivity contribution in [2.24, 2.45) is 11.7 Å². The summed E-state index contributed by atoms with van der Waals surface area (Å²) < 4.78 is 0. The van der Waals surface area contributed by atoms with Gasteiger partial charge in [0.25, 0.3) is 0 Å². The lowest BCUT2D eigenvalue weighted by molar-refractivity contribution is -0.126. The summed E-state index contributed by atoms with van der Waals surface area (Å²) in [6.45, 7) is 1.55. The zero-order valence-corrected chi connectivity index (χ0v) is 7.80. The van der Waals surface area contributed by atoms with Crippen molar-refractivity contribution in [2.45, 2.75) is 25.3 Å². The summed E-state index contributed by atoms with van der Waals surface area (Å²) in [4.78, 5) is 13.9. The molecule has 4 heteroatoms. The molecule has 1 heterocycles. The molecule has 0 aromatic rings. The molecule has 3 nitrogen and oxygen atoms in total. The molecule has 1 amide bonds. The number of nitrogens with two attached hydrogens (primary N) is 1. The van der Waals surface area contributed by atoms with Crippen molar-refractivity contribution in [1.82, 2.24) is 4.90 Å². The predicted octanol–water partition coefficient (Wildman–Crippen LogP) is 1.08. The maximum Gasteiger partial charge on any atom is 0.225 e. The van der Waals surface area contributed by atoms with E-state index in [-0.39, 0.29) is 11.4 Å². The molecule has 0 radical (unpaired) electrons. The summed E-state index contributed by atoms with van der Waals surface area (Å²) in [6.07, 6.45) is 4.43. The number of rotatable bonds is 1. The van der Waals surface area contributed by atoms with Crippen LogP contribution in [0.4, 0.5) is 0 Å². The third-order valence-corrected chi connectivity index (χ3v) is 3.32. The lowest BCUT2D eigenvalue weighted by atomic mass is 10.4. The van der Waals surface area contributed by atoms with E-state index in [4.69, 9.17) is 5.73 Å². The number of carbonyl (C=O) groups is 1. The van der Waals surface area contributed by atoms with Crippen LogP contribution < -0.4 is 5.73 Å². The average molecular weight is 184 g/mol. The van der Waals surface area contributed by atoms with E-state index in [0.717, 1.165) is 0 Å². The molecule has 0 bridgehead atoms. The zero-order chi connectivity index (χ0) is 8.72. The van der Waals surface area contributed by atoms with E-state index >= 15 is 0 Å². The lowest BCUT2D eigenvalue weighted by Crippen LogP contribution is -2.35. The number of hydrogen-bond acceptors (Lipinski definition) is 3. The van der Waals surface area contributed by atoms with Crippen LogP contribution in [-0.2, 0) is 4.79 Å². The number of nitrogens with zero attached hydrogens (tertiary/aromatic N) is 1. The molecule has 1 unspecified atom stereocenters. The van der Waals surface area contributed by atoms with Gasteiger partial charge in [-0.2, -0.15) is 0 Å². The van der Waals surface area contributed by atoms with Crippen molar-refractivity contribution in [3.05, 3.63) is 11.1 Å². The van der Waals surface area contributed by atoms with Gasteiger partial charge in [0.1, 0.15) is 5.50 Å². The fourth-order valence-electron chi connectivity index (χ4n) is 1.28. The van der Waals surface area contributed by atoms with Crippen LogP contribution in [0.5, 0.6) is 0 Å². The maximum absolute atomic E-state index is 11.0. The number of amides is 1. The van der Waals surface area contributed by atoms with Gasteiger partial charge in [-0.15, -0.1) is 0 Å². The molecule has 1 aliphatic carbocycles. The molecular formula is C8H12N2OS. The molecular weight excluding hydrogens is 172 g/mol. The van der Waals surface area contributed by atoms with Crippen LogP contribution in [0.1, 0.15) is 19.8 Å². The molecule has 0 aromatic carbocycles. The third kappa shape index (κ3) is 1.36. The van der Waals surface area contributed by atoms with Crippen LogP contribution in [0, 0.1) is 5.92 Å². The quantitative estimate of drug-likeness (QED) is 0.663. The summed E-state index contributed by atoms with van der Waals surface area (Å²) in [6, 6.07) is 0. The Morgan fingerprint density at radius 2 is 2.42 bits per heavy atom. The molecule has 0 saturated heterocycles. The fourth-order valence-corrected chi connectivity index (χ4v) is 2.48. The van der Waals surface area contributed by atoms with E-state index in [0.29, 0.717) is 5.92 Å². The molecule has 1 fully saturated rings. The normalized spacial score (nSPS) is 29.0. The van der Waals surface area contributed by atoms with Crippen LogP contribution in [0.3, 0.4) is 0 Å². The van der Waals surface area contributed by atoms with Gasteiger partial charge in [0.15, 0.2) is 0 Å². The van der Waals surface area contributed by atoms with Crippen molar-refractivity contribution < 1.29 is 4.79 Å². The van der Waals surface area contributed by atoms with E-state index in [1.54, 1.807) is 23.6 Å². The van der Waals surface area contributed by atoms with E-state index in [2.05, 4.69) is 0 Å². The molecule has 2 N–H and O–H groups in total.